The van der Waals surface area contributed by atoms with Crippen molar-refractivity contribution in [2.24, 2.45) is 0 Å². The van der Waals surface area contributed by atoms with E-state index in [0.29, 0.717) is 35.3 Å². The van der Waals surface area contributed by atoms with Crippen molar-refractivity contribution in [3.8, 4) is 11.5 Å². The van der Waals surface area contributed by atoms with Gasteiger partial charge in [-0.15, -0.1) is 0 Å². The van der Waals surface area contributed by atoms with Gasteiger partial charge in [0.15, 0.2) is 11.5 Å². The molecule has 1 fully saturated rings. The van der Waals surface area contributed by atoms with E-state index >= 15 is 0 Å². The van der Waals surface area contributed by atoms with Gasteiger partial charge in [-0.3, -0.25) is 9.69 Å². The summed E-state index contributed by atoms with van der Waals surface area (Å²) in [5, 5.41) is 5.24. The van der Waals surface area contributed by atoms with Gasteiger partial charge in [-0.2, -0.15) is 0 Å². The Balaban J connectivity index is 1.48. The molecule has 0 unspecified atom stereocenters. The Bertz CT molecular complexity index is 1210. The normalized spacial score (nSPS) is 20.6. The number of halogens is 1. The molecule has 0 bridgehead atoms. The number of urea groups is 1. The maximum Gasteiger partial charge on any atom is 0.325 e. The van der Waals surface area contributed by atoms with Crippen LogP contribution in [-0.4, -0.2) is 30.1 Å². The fourth-order valence-corrected chi connectivity index (χ4v) is 4.53. The van der Waals surface area contributed by atoms with Gasteiger partial charge in [0.25, 0.3) is 5.91 Å². The summed E-state index contributed by atoms with van der Waals surface area (Å²) in [5.41, 5.74) is 0.301. The average molecular weight is 437 g/mol. The van der Waals surface area contributed by atoms with Gasteiger partial charge in [0, 0.05) is 6.42 Å². The molecular formula is C24H21ClN2O4. The smallest absolute Gasteiger partial charge is 0.325 e. The molecule has 6 nitrogen and oxygen atoms in total. The Kier molecular flexibility index (Phi) is 4.74. The Hall–Kier alpha value is -3.25. The molecule has 0 spiro atoms. The van der Waals surface area contributed by atoms with Crippen molar-refractivity contribution < 1.29 is 19.1 Å². The number of carbonyl (C=O) groups excluding carboxylic acids is 2. The van der Waals surface area contributed by atoms with Crippen LogP contribution in [0.25, 0.3) is 10.8 Å². The van der Waals surface area contributed by atoms with Crippen LogP contribution in [0.15, 0.2) is 54.6 Å². The van der Waals surface area contributed by atoms with E-state index in [2.05, 4.69) is 5.32 Å². The maximum absolute atomic E-state index is 13.5. The topological polar surface area (TPSA) is 67.9 Å². The summed E-state index contributed by atoms with van der Waals surface area (Å²) in [6, 6.07) is 16.6. The molecule has 0 radical (unpaired) electrons. The molecule has 158 valence electrons. The Morgan fingerprint density at radius 1 is 1.06 bits per heavy atom. The second-order valence-corrected chi connectivity index (χ2v) is 8.34. The highest BCUT2D eigenvalue weighted by molar-refractivity contribution is 6.32. The summed E-state index contributed by atoms with van der Waals surface area (Å²) in [6.45, 7) is 2.88. The highest BCUT2D eigenvalue weighted by Crippen LogP contribution is 2.39. The van der Waals surface area contributed by atoms with Gasteiger partial charge in [0.1, 0.15) is 5.54 Å². The number of amides is 3. The lowest BCUT2D eigenvalue weighted by Gasteiger charge is -2.24. The average Bonchev–Trinajstić information content (AvgIpc) is 2.93. The molecule has 1 N–H and O–H groups in total. The molecule has 31 heavy (non-hydrogen) atoms. The van der Waals surface area contributed by atoms with Gasteiger partial charge < -0.3 is 14.8 Å². The maximum atomic E-state index is 13.5. The highest BCUT2D eigenvalue weighted by atomic mass is 35.5. The van der Waals surface area contributed by atoms with Crippen molar-refractivity contribution >= 4 is 34.3 Å². The van der Waals surface area contributed by atoms with E-state index in [1.807, 2.05) is 42.5 Å². The minimum Gasteiger partial charge on any atom is -0.489 e. The van der Waals surface area contributed by atoms with Crippen molar-refractivity contribution in [3.05, 3.63) is 70.7 Å². The first-order valence-corrected chi connectivity index (χ1v) is 10.6. The number of rotatable bonds is 3. The molecule has 5 rings (SSSR count). The van der Waals surface area contributed by atoms with Gasteiger partial charge in [-0.1, -0.05) is 54.1 Å². The first-order valence-electron chi connectivity index (χ1n) is 10.2. The quantitative estimate of drug-likeness (QED) is 0.608. The second-order valence-electron chi connectivity index (χ2n) is 7.93. The summed E-state index contributed by atoms with van der Waals surface area (Å²) >= 11 is 6.39. The molecule has 3 aromatic carbocycles. The standard InChI is InChI=1S/C24H21ClN2O4/c1-24(18-9-4-7-16-6-2-3-8-17(16)18)22(28)27(23(29)26-24)14-15-12-19(25)21-20(13-15)30-10-5-11-31-21/h2-4,6-9,12-13H,5,10-11,14H2,1H3,(H,26,29)/t24-/m0/s1. The van der Waals surface area contributed by atoms with Crippen LogP contribution in [0.4, 0.5) is 4.79 Å². The SMILES string of the molecule is C[C@@]1(c2cccc3ccccc23)NC(=O)N(Cc2cc(Cl)c3c(c2)OCCCO3)C1=O. The van der Waals surface area contributed by atoms with Crippen LogP contribution in [0, 0.1) is 0 Å². The summed E-state index contributed by atoms with van der Waals surface area (Å²) < 4.78 is 11.4. The molecule has 0 aromatic heterocycles. The first-order chi connectivity index (χ1) is 15.0. The molecular weight excluding hydrogens is 416 g/mol. The third kappa shape index (κ3) is 3.27. The van der Waals surface area contributed by atoms with Crippen LogP contribution in [0.1, 0.15) is 24.5 Å². The summed E-state index contributed by atoms with van der Waals surface area (Å²) in [4.78, 5) is 27.5. The van der Waals surface area contributed by atoms with Gasteiger partial charge in [-0.05, 0) is 41.0 Å². The van der Waals surface area contributed by atoms with E-state index in [1.54, 1.807) is 19.1 Å². The molecule has 7 heteroatoms. The lowest BCUT2D eigenvalue weighted by molar-refractivity contribution is -0.131. The number of nitrogens with one attached hydrogen (secondary N) is 1. The fraction of sp³-hybridized carbons (Fsp3) is 0.250. The van der Waals surface area contributed by atoms with Crippen molar-refractivity contribution in [2.75, 3.05) is 13.2 Å². The van der Waals surface area contributed by atoms with Gasteiger partial charge >= 0.3 is 6.03 Å². The summed E-state index contributed by atoms with van der Waals surface area (Å²) in [7, 11) is 0. The van der Waals surface area contributed by atoms with E-state index in [-0.39, 0.29) is 12.5 Å². The van der Waals surface area contributed by atoms with Crippen molar-refractivity contribution in [1.29, 1.82) is 0 Å². The summed E-state index contributed by atoms with van der Waals surface area (Å²) in [5.74, 6) is 0.724. The van der Waals surface area contributed by atoms with E-state index in [9.17, 15) is 9.59 Å². The van der Waals surface area contributed by atoms with E-state index in [1.165, 1.54) is 4.90 Å². The predicted octanol–water partition coefficient (Wildman–Crippen LogP) is 4.62. The second kappa shape index (κ2) is 7.46. The molecule has 0 saturated carbocycles. The lowest BCUT2D eigenvalue weighted by atomic mass is 9.88. The monoisotopic (exact) mass is 436 g/mol. The Morgan fingerprint density at radius 2 is 1.84 bits per heavy atom. The highest BCUT2D eigenvalue weighted by Gasteiger charge is 2.49. The number of ether oxygens (including phenoxy) is 2. The van der Waals surface area contributed by atoms with Gasteiger partial charge in [-0.25, -0.2) is 4.79 Å². The zero-order chi connectivity index (χ0) is 21.6. The fourth-order valence-electron chi connectivity index (χ4n) is 4.24. The Labute approximate surface area is 184 Å². The lowest BCUT2D eigenvalue weighted by Crippen LogP contribution is -2.41. The van der Waals surface area contributed by atoms with Gasteiger partial charge in [0.2, 0.25) is 0 Å². The van der Waals surface area contributed by atoms with Crippen LogP contribution < -0.4 is 14.8 Å². The molecule has 2 aliphatic heterocycles. The molecule has 2 aliphatic rings. The van der Waals surface area contributed by atoms with Crippen molar-refractivity contribution in [2.45, 2.75) is 25.4 Å². The molecule has 3 aromatic rings. The molecule has 1 atom stereocenters. The number of fused-ring (bicyclic) bond motifs is 2. The van der Waals surface area contributed by atoms with Crippen LogP contribution >= 0.6 is 11.6 Å². The molecule has 2 heterocycles. The number of imide groups is 1. The van der Waals surface area contributed by atoms with E-state index < -0.39 is 11.6 Å². The molecule has 3 amide bonds. The molecule has 0 aliphatic carbocycles. The largest absolute Gasteiger partial charge is 0.489 e. The predicted molar refractivity (Wildman–Crippen MR) is 117 cm³/mol. The number of nitrogens with zero attached hydrogens (tertiary/aromatic N) is 1. The van der Waals surface area contributed by atoms with Crippen LogP contribution in [0.2, 0.25) is 5.02 Å². The van der Waals surface area contributed by atoms with Crippen molar-refractivity contribution in [1.82, 2.24) is 10.2 Å². The first kappa shape index (κ1) is 19.7. The zero-order valence-electron chi connectivity index (χ0n) is 17.0. The van der Waals surface area contributed by atoms with Crippen LogP contribution in [0.5, 0.6) is 11.5 Å². The molecule has 1 saturated heterocycles. The third-order valence-electron chi connectivity index (χ3n) is 5.81. The van der Waals surface area contributed by atoms with E-state index in [0.717, 1.165) is 22.8 Å². The van der Waals surface area contributed by atoms with Crippen molar-refractivity contribution in [3.63, 3.8) is 0 Å². The van der Waals surface area contributed by atoms with Crippen LogP contribution in [-0.2, 0) is 16.9 Å². The zero-order valence-corrected chi connectivity index (χ0v) is 17.7. The minimum atomic E-state index is -1.16. The number of carbonyl (C=O) groups is 2. The number of hydrogen-bond donors (Lipinski definition) is 1. The Morgan fingerprint density at radius 3 is 2.71 bits per heavy atom. The third-order valence-corrected chi connectivity index (χ3v) is 6.09. The van der Waals surface area contributed by atoms with Gasteiger partial charge in [0.05, 0.1) is 24.8 Å². The number of benzene rings is 3. The number of hydrogen-bond acceptors (Lipinski definition) is 4. The van der Waals surface area contributed by atoms with Crippen LogP contribution in [0.3, 0.4) is 0 Å². The van der Waals surface area contributed by atoms with E-state index in [4.69, 9.17) is 21.1 Å². The summed E-state index contributed by atoms with van der Waals surface area (Å²) in [6.07, 6.45) is 0.761. The minimum absolute atomic E-state index is 0.0847.